The predicted octanol–water partition coefficient (Wildman–Crippen LogP) is 5.18. The molecule has 3 aromatic rings. The Labute approximate surface area is 234 Å². The monoisotopic (exact) mass is 545 g/mol. The van der Waals surface area contributed by atoms with E-state index in [0.717, 1.165) is 19.6 Å². The lowest BCUT2D eigenvalue weighted by Gasteiger charge is -2.27. The molecule has 9 heteroatoms. The van der Waals surface area contributed by atoms with Crippen molar-refractivity contribution < 1.29 is 14.4 Å². The average molecular weight is 546 g/mol. The largest absolute Gasteiger partial charge is 0.342 e. The van der Waals surface area contributed by atoms with Gasteiger partial charge in [-0.2, -0.15) is 0 Å². The maximum Gasteiger partial charge on any atom is 0.257 e. The highest BCUT2D eigenvalue weighted by Crippen LogP contribution is 2.36. The number of fused-ring (bicyclic) bond motifs is 2. The number of pyridine rings is 1. The van der Waals surface area contributed by atoms with Gasteiger partial charge in [-0.15, -0.1) is 11.8 Å². The lowest BCUT2D eigenvalue weighted by atomic mass is 10.1. The fourth-order valence-corrected chi connectivity index (χ4v) is 5.04. The molecule has 39 heavy (non-hydrogen) atoms. The van der Waals surface area contributed by atoms with Crippen molar-refractivity contribution >= 4 is 46.7 Å². The molecule has 0 aliphatic carbocycles. The van der Waals surface area contributed by atoms with Crippen LogP contribution in [0.25, 0.3) is 0 Å². The number of benzene rings is 2. The van der Waals surface area contributed by atoms with E-state index in [0.29, 0.717) is 35.8 Å². The van der Waals surface area contributed by atoms with Gasteiger partial charge in [0.2, 0.25) is 11.8 Å². The van der Waals surface area contributed by atoms with E-state index in [1.165, 1.54) is 15.4 Å². The van der Waals surface area contributed by atoms with Crippen LogP contribution in [0.5, 0.6) is 0 Å². The first kappa shape index (κ1) is 28.3. The highest BCUT2D eigenvalue weighted by Gasteiger charge is 2.30. The topological polar surface area (TPSA) is 85.9 Å². The zero-order valence-corrected chi connectivity index (χ0v) is 23.5. The minimum atomic E-state index is -0.302. The van der Waals surface area contributed by atoms with Gasteiger partial charge in [-0.1, -0.05) is 31.2 Å². The van der Waals surface area contributed by atoms with Crippen LogP contribution in [0, 0.1) is 0 Å². The standard InChI is InChI=1S/C30H35N5O3S/c1-4-33(21-22-12-14-23(39-3)15-13-22)19-20-34(5-2)27(36)16-17-28(37)35-26-11-7-6-9-24(26)30(38)32-25-10-8-18-31-29(25)35/h6-15,18H,4-5,16-17,19-21H2,1-3H3,(H,32,38). The van der Waals surface area contributed by atoms with Crippen molar-refractivity contribution in [2.24, 2.45) is 0 Å². The Morgan fingerprint density at radius 1 is 0.949 bits per heavy atom. The normalized spacial score (nSPS) is 12.4. The van der Waals surface area contributed by atoms with Gasteiger partial charge in [-0.3, -0.25) is 24.2 Å². The molecule has 3 amide bonds. The van der Waals surface area contributed by atoms with Gasteiger partial charge in [-0.05, 0) is 61.7 Å². The number of hydrogen-bond donors (Lipinski definition) is 1. The van der Waals surface area contributed by atoms with E-state index in [4.69, 9.17) is 0 Å². The van der Waals surface area contributed by atoms with E-state index >= 15 is 0 Å². The van der Waals surface area contributed by atoms with Gasteiger partial charge in [0.1, 0.15) is 0 Å². The summed E-state index contributed by atoms with van der Waals surface area (Å²) in [6, 6.07) is 18.9. The second-order valence-electron chi connectivity index (χ2n) is 9.27. The number of amides is 3. The number of hydrogen-bond acceptors (Lipinski definition) is 6. The molecule has 8 nitrogen and oxygen atoms in total. The number of aromatic nitrogens is 1. The fraction of sp³-hybridized carbons (Fsp3) is 0.333. The van der Waals surface area contributed by atoms with E-state index in [9.17, 15) is 14.4 Å². The summed E-state index contributed by atoms with van der Waals surface area (Å²) in [5.41, 5.74) is 2.54. The Bertz CT molecular complexity index is 1310. The van der Waals surface area contributed by atoms with Crippen molar-refractivity contribution in [2.45, 2.75) is 38.1 Å². The lowest BCUT2D eigenvalue weighted by molar-refractivity contribution is -0.133. The first-order valence-electron chi connectivity index (χ1n) is 13.3. The molecule has 0 bridgehead atoms. The average Bonchev–Trinajstić information content (AvgIpc) is 3.09. The smallest absolute Gasteiger partial charge is 0.257 e. The molecule has 0 atom stereocenters. The summed E-state index contributed by atoms with van der Waals surface area (Å²) in [5.74, 6) is -0.300. The van der Waals surface area contributed by atoms with Crippen molar-refractivity contribution in [3.05, 3.63) is 78.0 Å². The number of nitrogens with zero attached hydrogens (tertiary/aromatic N) is 4. The maximum absolute atomic E-state index is 13.5. The van der Waals surface area contributed by atoms with Gasteiger partial charge in [0.15, 0.2) is 5.82 Å². The Morgan fingerprint density at radius 2 is 1.72 bits per heavy atom. The van der Waals surface area contributed by atoms with Crippen molar-refractivity contribution in [3.8, 4) is 0 Å². The third-order valence-electron chi connectivity index (χ3n) is 6.87. The molecule has 0 spiro atoms. The third kappa shape index (κ3) is 6.85. The van der Waals surface area contributed by atoms with Gasteiger partial charge >= 0.3 is 0 Å². The number of rotatable bonds is 11. The van der Waals surface area contributed by atoms with Crippen LogP contribution in [-0.2, 0) is 16.1 Å². The van der Waals surface area contributed by atoms with Crippen LogP contribution in [0.2, 0.25) is 0 Å². The van der Waals surface area contributed by atoms with E-state index in [1.54, 1.807) is 59.3 Å². The molecule has 2 aromatic carbocycles. The molecule has 204 valence electrons. The quantitative estimate of drug-likeness (QED) is 0.334. The van der Waals surface area contributed by atoms with E-state index in [1.807, 2.05) is 6.92 Å². The zero-order chi connectivity index (χ0) is 27.8. The molecular weight excluding hydrogens is 510 g/mol. The number of carbonyl (C=O) groups is 3. The van der Waals surface area contributed by atoms with Crippen LogP contribution in [-0.4, -0.2) is 64.9 Å². The minimum Gasteiger partial charge on any atom is -0.342 e. The van der Waals surface area contributed by atoms with Crippen molar-refractivity contribution in [3.63, 3.8) is 0 Å². The third-order valence-corrected chi connectivity index (χ3v) is 7.61. The molecule has 0 saturated heterocycles. The molecular formula is C30H35N5O3S. The second-order valence-corrected chi connectivity index (χ2v) is 10.1. The number of para-hydroxylation sites is 1. The summed E-state index contributed by atoms with van der Waals surface area (Å²) in [4.78, 5) is 50.7. The van der Waals surface area contributed by atoms with Crippen LogP contribution in [0.15, 0.2) is 71.8 Å². The summed E-state index contributed by atoms with van der Waals surface area (Å²) >= 11 is 1.73. The van der Waals surface area contributed by atoms with E-state index in [-0.39, 0.29) is 30.6 Å². The molecule has 1 aromatic heterocycles. The van der Waals surface area contributed by atoms with Crippen molar-refractivity contribution in [1.82, 2.24) is 14.8 Å². The summed E-state index contributed by atoms with van der Waals surface area (Å²) in [7, 11) is 0. The maximum atomic E-state index is 13.5. The summed E-state index contributed by atoms with van der Waals surface area (Å²) in [5, 5.41) is 2.84. The Balaban J connectivity index is 1.39. The SMILES string of the molecule is CCN(CCN(CC)C(=O)CCC(=O)N1c2ccccc2C(=O)Nc2cccnc21)Cc1ccc(SC)cc1. The Morgan fingerprint density at radius 3 is 2.44 bits per heavy atom. The van der Waals surface area contributed by atoms with Gasteiger partial charge in [0, 0.05) is 50.1 Å². The highest BCUT2D eigenvalue weighted by atomic mass is 32.2. The Hall–Kier alpha value is -3.69. The molecule has 1 aliphatic rings. The molecule has 0 saturated carbocycles. The molecule has 0 radical (unpaired) electrons. The van der Waals surface area contributed by atoms with Gasteiger partial charge in [0.25, 0.3) is 5.91 Å². The second kappa shape index (κ2) is 13.4. The summed E-state index contributed by atoms with van der Waals surface area (Å²) < 4.78 is 0. The molecule has 1 N–H and O–H groups in total. The number of likely N-dealkylation sites (N-methyl/N-ethyl adjacent to an activating group) is 2. The fourth-order valence-electron chi connectivity index (χ4n) is 4.63. The molecule has 0 fully saturated rings. The zero-order valence-electron chi connectivity index (χ0n) is 22.7. The van der Waals surface area contributed by atoms with E-state index < -0.39 is 0 Å². The molecule has 0 unspecified atom stereocenters. The molecule has 4 rings (SSSR count). The van der Waals surface area contributed by atoms with Crippen molar-refractivity contribution in [2.75, 3.05) is 42.7 Å². The Kier molecular flexibility index (Phi) is 9.73. The minimum absolute atomic E-state index is 0.00710. The van der Waals surface area contributed by atoms with Crippen LogP contribution in [0.1, 0.15) is 42.6 Å². The summed E-state index contributed by atoms with van der Waals surface area (Å²) in [6.07, 6.45) is 3.74. The van der Waals surface area contributed by atoms with E-state index in [2.05, 4.69) is 52.6 Å². The lowest BCUT2D eigenvalue weighted by Crippen LogP contribution is -2.39. The van der Waals surface area contributed by atoms with Crippen LogP contribution in [0.3, 0.4) is 0 Å². The first-order chi connectivity index (χ1) is 18.9. The predicted molar refractivity (Wildman–Crippen MR) is 156 cm³/mol. The number of thioether (sulfide) groups is 1. The number of anilines is 3. The first-order valence-corrected chi connectivity index (χ1v) is 14.5. The van der Waals surface area contributed by atoms with Gasteiger partial charge in [-0.25, -0.2) is 4.98 Å². The van der Waals surface area contributed by atoms with Crippen LogP contribution >= 0.6 is 11.8 Å². The molecule has 2 heterocycles. The molecule has 1 aliphatic heterocycles. The van der Waals surface area contributed by atoms with Gasteiger partial charge in [0.05, 0.1) is 16.9 Å². The van der Waals surface area contributed by atoms with Gasteiger partial charge < -0.3 is 10.2 Å². The van der Waals surface area contributed by atoms with Crippen molar-refractivity contribution in [1.29, 1.82) is 0 Å². The highest BCUT2D eigenvalue weighted by molar-refractivity contribution is 7.98. The van der Waals surface area contributed by atoms with Crippen LogP contribution in [0.4, 0.5) is 17.2 Å². The summed E-state index contributed by atoms with van der Waals surface area (Å²) in [6.45, 7) is 7.69. The number of nitrogens with one attached hydrogen (secondary N) is 1. The van der Waals surface area contributed by atoms with Crippen LogP contribution < -0.4 is 10.2 Å². The number of carbonyl (C=O) groups excluding carboxylic acids is 3.